The van der Waals surface area contributed by atoms with E-state index in [2.05, 4.69) is 13.0 Å². The van der Waals surface area contributed by atoms with Crippen molar-refractivity contribution < 1.29 is 34.0 Å². The fraction of sp³-hybridized carbons (Fsp3) is 0.586. The standard InChI is InChI=1S/C29H38O7/c1-17(2)28(35-22-7-5-4-6-8-22)29(33)36-25-15-20(30)13-19-10-9-18(3)24(27(19)25)12-11-23-14-21(31)16-26(32)34-23/h4-10,13,17-18,20-21,23-25,27-28,30-31H,11-12,14-16H2,1-3H3/t18?,20?,21-,23-,24?,25?,27?,28+/m1/s1. The highest BCUT2D eigenvalue weighted by molar-refractivity contribution is 5.75. The maximum Gasteiger partial charge on any atom is 0.347 e. The summed E-state index contributed by atoms with van der Waals surface area (Å²) in [5.74, 6) is -0.0140. The minimum Gasteiger partial charge on any atom is -0.478 e. The van der Waals surface area contributed by atoms with Crippen LogP contribution < -0.4 is 4.74 Å². The first-order valence-electron chi connectivity index (χ1n) is 13.1. The lowest BCUT2D eigenvalue weighted by Crippen LogP contribution is -2.45. The molecule has 0 radical (unpaired) electrons. The normalized spacial score (nSPS) is 32.8. The van der Waals surface area contributed by atoms with Gasteiger partial charge in [-0.1, -0.05) is 57.2 Å². The van der Waals surface area contributed by atoms with Gasteiger partial charge in [-0.2, -0.15) is 0 Å². The van der Waals surface area contributed by atoms with Gasteiger partial charge in [-0.05, 0) is 42.4 Å². The number of cyclic esters (lactones) is 1. The SMILES string of the molecule is CC1C=CC2=CC(O)CC(OC(=O)[C@@H](Oc3ccccc3)C(C)C)C2C1CC[C@@H]1C[C@@H](O)CC(=O)O1. The first-order chi connectivity index (χ1) is 17.2. The Morgan fingerprint density at radius 1 is 1.14 bits per heavy atom. The largest absolute Gasteiger partial charge is 0.478 e. The van der Waals surface area contributed by atoms with E-state index in [9.17, 15) is 19.8 Å². The smallest absolute Gasteiger partial charge is 0.347 e. The van der Waals surface area contributed by atoms with Gasteiger partial charge >= 0.3 is 11.9 Å². The third-order valence-corrected chi connectivity index (χ3v) is 7.54. The number of aliphatic hydroxyl groups is 2. The second-order valence-corrected chi connectivity index (χ2v) is 10.7. The van der Waals surface area contributed by atoms with E-state index in [-0.39, 0.29) is 42.2 Å². The van der Waals surface area contributed by atoms with E-state index >= 15 is 0 Å². The molecule has 0 spiro atoms. The monoisotopic (exact) mass is 498 g/mol. The highest BCUT2D eigenvalue weighted by Gasteiger charge is 2.43. The molecule has 1 heterocycles. The van der Waals surface area contributed by atoms with Crippen molar-refractivity contribution in [3.05, 3.63) is 54.1 Å². The second-order valence-electron chi connectivity index (χ2n) is 10.7. The third-order valence-electron chi connectivity index (χ3n) is 7.54. The van der Waals surface area contributed by atoms with Crippen LogP contribution in [0.1, 0.15) is 52.9 Å². The van der Waals surface area contributed by atoms with Crippen LogP contribution in [0.25, 0.3) is 0 Å². The van der Waals surface area contributed by atoms with Crippen LogP contribution in [0.3, 0.4) is 0 Å². The van der Waals surface area contributed by atoms with Crippen LogP contribution in [0, 0.1) is 23.7 Å². The van der Waals surface area contributed by atoms with Crippen molar-refractivity contribution in [2.75, 3.05) is 0 Å². The van der Waals surface area contributed by atoms with Gasteiger partial charge < -0.3 is 24.4 Å². The maximum atomic E-state index is 13.4. The average Bonchev–Trinajstić information content (AvgIpc) is 2.82. The molecule has 1 aromatic carbocycles. The minimum atomic E-state index is -0.767. The predicted octanol–water partition coefficient (Wildman–Crippen LogP) is 3.98. The number of ether oxygens (including phenoxy) is 3. The lowest BCUT2D eigenvalue weighted by molar-refractivity contribution is -0.166. The van der Waals surface area contributed by atoms with E-state index in [0.29, 0.717) is 25.0 Å². The Labute approximate surface area is 213 Å². The molecule has 7 nitrogen and oxygen atoms in total. The number of hydrogen-bond acceptors (Lipinski definition) is 7. The van der Waals surface area contributed by atoms with Gasteiger partial charge in [-0.15, -0.1) is 0 Å². The van der Waals surface area contributed by atoms with Crippen molar-refractivity contribution in [1.29, 1.82) is 0 Å². The van der Waals surface area contributed by atoms with E-state index in [1.807, 2.05) is 56.3 Å². The zero-order chi connectivity index (χ0) is 25.8. The lowest BCUT2D eigenvalue weighted by atomic mass is 9.66. The Morgan fingerprint density at radius 3 is 2.58 bits per heavy atom. The Hall–Kier alpha value is -2.64. The van der Waals surface area contributed by atoms with E-state index in [0.717, 1.165) is 12.0 Å². The van der Waals surface area contributed by atoms with E-state index in [1.165, 1.54) is 0 Å². The molecule has 0 aromatic heterocycles. The van der Waals surface area contributed by atoms with Crippen LogP contribution in [-0.4, -0.2) is 52.7 Å². The van der Waals surface area contributed by atoms with Crippen LogP contribution in [0.5, 0.6) is 5.75 Å². The Balaban J connectivity index is 1.49. The summed E-state index contributed by atoms with van der Waals surface area (Å²) in [4.78, 5) is 25.1. The molecular weight excluding hydrogens is 460 g/mol. The predicted molar refractivity (Wildman–Crippen MR) is 134 cm³/mol. The molecular formula is C29H38O7. The summed E-state index contributed by atoms with van der Waals surface area (Å²) in [5, 5.41) is 20.5. The van der Waals surface area contributed by atoms with E-state index < -0.39 is 30.4 Å². The Bertz CT molecular complexity index is 969. The molecule has 5 unspecified atom stereocenters. The molecule has 3 aliphatic rings. The van der Waals surface area contributed by atoms with Crippen molar-refractivity contribution in [2.24, 2.45) is 23.7 Å². The molecule has 0 amide bonds. The van der Waals surface area contributed by atoms with Crippen molar-refractivity contribution in [1.82, 2.24) is 0 Å². The molecule has 0 bridgehead atoms. The molecule has 1 saturated heterocycles. The van der Waals surface area contributed by atoms with Gasteiger partial charge in [0.25, 0.3) is 0 Å². The van der Waals surface area contributed by atoms with E-state index in [4.69, 9.17) is 14.2 Å². The molecule has 196 valence electrons. The van der Waals surface area contributed by atoms with Crippen LogP contribution in [0.4, 0.5) is 0 Å². The summed E-state index contributed by atoms with van der Waals surface area (Å²) in [5.41, 5.74) is 0.973. The van der Waals surface area contributed by atoms with Gasteiger partial charge in [0.05, 0.1) is 18.6 Å². The number of para-hydroxylation sites is 1. The molecule has 8 atom stereocenters. The highest BCUT2D eigenvalue weighted by Crippen LogP contribution is 2.44. The molecule has 1 aromatic rings. The van der Waals surface area contributed by atoms with Gasteiger partial charge in [0.2, 0.25) is 0 Å². The number of carbonyl (C=O) groups excluding carboxylic acids is 2. The van der Waals surface area contributed by atoms with Gasteiger partial charge in [-0.3, -0.25) is 4.79 Å². The quantitative estimate of drug-likeness (QED) is 0.523. The number of aliphatic hydroxyl groups excluding tert-OH is 2. The first-order valence-corrected chi connectivity index (χ1v) is 13.1. The van der Waals surface area contributed by atoms with Crippen LogP contribution >= 0.6 is 0 Å². The fourth-order valence-electron chi connectivity index (χ4n) is 5.72. The Kier molecular flexibility index (Phi) is 8.52. The van der Waals surface area contributed by atoms with Gasteiger partial charge in [0, 0.05) is 24.7 Å². The fourth-order valence-corrected chi connectivity index (χ4v) is 5.72. The molecule has 1 aliphatic heterocycles. The number of benzene rings is 1. The summed E-state index contributed by atoms with van der Waals surface area (Å²) in [7, 11) is 0. The van der Waals surface area contributed by atoms with Crippen molar-refractivity contribution in [2.45, 2.75) is 83.4 Å². The number of carbonyl (C=O) groups is 2. The molecule has 4 rings (SSSR count). The van der Waals surface area contributed by atoms with Gasteiger partial charge in [0.1, 0.15) is 18.0 Å². The van der Waals surface area contributed by atoms with E-state index in [1.54, 1.807) is 0 Å². The molecule has 36 heavy (non-hydrogen) atoms. The summed E-state index contributed by atoms with van der Waals surface area (Å²) >= 11 is 0. The number of allylic oxidation sites excluding steroid dienone is 2. The van der Waals surface area contributed by atoms with Gasteiger partial charge in [0.15, 0.2) is 6.10 Å². The van der Waals surface area contributed by atoms with Crippen LogP contribution in [-0.2, 0) is 19.1 Å². The molecule has 0 saturated carbocycles. The number of hydrogen-bond donors (Lipinski definition) is 2. The maximum absolute atomic E-state index is 13.4. The zero-order valence-electron chi connectivity index (χ0n) is 21.3. The molecule has 7 heteroatoms. The van der Waals surface area contributed by atoms with Crippen LogP contribution in [0.2, 0.25) is 0 Å². The summed E-state index contributed by atoms with van der Waals surface area (Å²) in [6.45, 7) is 5.98. The van der Waals surface area contributed by atoms with Crippen molar-refractivity contribution in [3.8, 4) is 5.75 Å². The second kappa shape index (κ2) is 11.6. The highest BCUT2D eigenvalue weighted by atomic mass is 16.6. The number of fused-ring (bicyclic) bond motifs is 1. The number of esters is 2. The third kappa shape index (κ3) is 6.37. The first kappa shape index (κ1) is 26.4. The summed E-state index contributed by atoms with van der Waals surface area (Å²) in [6.07, 6.45) is 5.27. The molecule has 1 fully saturated rings. The summed E-state index contributed by atoms with van der Waals surface area (Å²) < 4.78 is 17.6. The van der Waals surface area contributed by atoms with Crippen molar-refractivity contribution in [3.63, 3.8) is 0 Å². The molecule has 2 aliphatic carbocycles. The Morgan fingerprint density at radius 2 is 1.89 bits per heavy atom. The molecule has 2 N–H and O–H groups in total. The average molecular weight is 499 g/mol. The number of rotatable bonds is 8. The van der Waals surface area contributed by atoms with Crippen molar-refractivity contribution >= 4 is 11.9 Å². The lowest BCUT2D eigenvalue weighted by Gasteiger charge is -2.43. The topological polar surface area (TPSA) is 102 Å². The summed E-state index contributed by atoms with van der Waals surface area (Å²) in [6, 6.07) is 9.23. The zero-order valence-corrected chi connectivity index (χ0v) is 21.3. The minimum absolute atomic E-state index is 0.0482. The van der Waals surface area contributed by atoms with Crippen LogP contribution in [0.15, 0.2) is 54.1 Å². The van der Waals surface area contributed by atoms with Gasteiger partial charge in [-0.25, -0.2) is 4.79 Å².